The van der Waals surface area contributed by atoms with E-state index in [2.05, 4.69) is 20.8 Å². The Hall–Kier alpha value is -1.84. The molecule has 1 aliphatic carbocycles. The monoisotopic (exact) mass is 416 g/mol. The van der Waals surface area contributed by atoms with E-state index in [9.17, 15) is 9.59 Å². The number of hydrogen-bond donors (Lipinski definition) is 0. The summed E-state index contributed by atoms with van der Waals surface area (Å²) in [6.07, 6.45) is 9.26. The van der Waals surface area contributed by atoms with Gasteiger partial charge in [-0.05, 0) is 49.5 Å². The van der Waals surface area contributed by atoms with Gasteiger partial charge in [0.25, 0.3) is 0 Å². The first-order chi connectivity index (χ1) is 14.5. The Kier molecular flexibility index (Phi) is 11.0. The summed E-state index contributed by atoms with van der Waals surface area (Å²) in [7, 11) is 0. The predicted molar refractivity (Wildman–Crippen MR) is 120 cm³/mol. The molecule has 0 spiro atoms. The first-order valence-electron chi connectivity index (χ1n) is 11.9. The van der Waals surface area contributed by atoms with Gasteiger partial charge in [0.1, 0.15) is 6.61 Å². The molecule has 0 aromatic heterocycles. The van der Waals surface area contributed by atoms with Crippen molar-refractivity contribution in [2.75, 3.05) is 6.61 Å². The molecule has 0 radical (unpaired) electrons. The molecule has 4 atom stereocenters. The highest BCUT2D eigenvalue weighted by Gasteiger charge is 2.40. The molecule has 168 valence electrons. The fraction of sp³-hybridized carbons (Fsp3) is 0.692. The van der Waals surface area contributed by atoms with Gasteiger partial charge in [-0.15, -0.1) is 0 Å². The van der Waals surface area contributed by atoms with Crippen molar-refractivity contribution in [3.63, 3.8) is 0 Å². The summed E-state index contributed by atoms with van der Waals surface area (Å²) in [6.45, 7) is 7.26. The van der Waals surface area contributed by atoms with Gasteiger partial charge in [0, 0.05) is 0 Å². The van der Waals surface area contributed by atoms with Crippen LogP contribution in [-0.4, -0.2) is 18.5 Å². The molecular weight excluding hydrogens is 376 g/mol. The van der Waals surface area contributed by atoms with Crippen LogP contribution in [-0.2, 0) is 25.7 Å². The Bertz CT molecular complexity index is 627. The van der Waals surface area contributed by atoms with Gasteiger partial charge < -0.3 is 9.47 Å². The zero-order valence-corrected chi connectivity index (χ0v) is 19.1. The van der Waals surface area contributed by atoms with Gasteiger partial charge in [-0.25, -0.2) is 0 Å². The normalized spacial score (nSPS) is 22.3. The van der Waals surface area contributed by atoms with Crippen molar-refractivity contribution >= 4 is 11.9 Å². The van der Waals surface area contributed by atoms with E-state index in [0.717, 1.165) is 31.2 Å². The lowest BCUT2D eigenvalue weighted by Gasteiger charge is -2.32. The lowest BCUT2D eigenvalue weighted by Crippen LogP contribution is -2.37. The summed E-state index contributed by atoms with van der Waals surface area (Å²) in [6, 6.07) is 9.68. The van der Waals surface area contributed by atoms with Crippen LogP contribution in [0.3, 0.4) is 0 Å². The van der Waals surface area contributed by atoms with Gasteiger partial charge in [-0.2, -0.15) is 0 Å². The molecule has 30 heavy (non-hydrogen) atoms. The molecule has 0 N–H and O–H groups in total. The molecule has 1 saturated carbocycles. The second kappa shape index (κ2) is 13.5. The molecule has 2 rings (SSSR count). The average Bonchev–Trinajstić information content (AvgIpc) is 2.76. The van der Waals surface area contributed by atoms with Crippen LogP contribution in [0.1, 0.15) is 84.1 Å². The smallest absolute Gasteiger partial charge is 0.310 e. The van der Waals surface area contributed by atoms with E-state index in [4.69, 9.17) is 9.47 Å². The second-order valence-electron chi connectivity index (χ2n) is 9.01. The van der Waals surface area contributed by atoms with E-state index in [1.165, 1.54) is 19.3 Å². The van der Waals surface area contributed by atoms with Crippen LogP contribution in [0.5, 0.6) is 0 Å². The zero-order chi connectivity index (χ0) is 21.8. The maximum absolute atomic E-state index is 12.9. The van der Waals surface area contributed by atoms with Gasteiger partial charge in [0.15, 0.2) is 0 Å². The standard InChI is InChI=1S/C26H40O4/c1-4-6-8-12-21(11-5-2)18-30-26(28)24-17-20(3)15-16-23(24)25(27)29-19-22-13-9-7-10-14-22/h7,9-10,13-14,20-21,23-24H,4-6,8,11-12,15-19H2,1-3H3. The predicted octanol–water partition coefficient (Wildman–Crippen LogP) is 6.32. The third kappa shape index (κ3) is 8.12. The number of hydrogen-bond acceptors (Lipinski definition) is 4. The van der Waals surface area contributed by atoms with Crippen LogP contribution in [0.2, 0.25) is 0 Å². The number of rotatable bonds is 12. The van der Waals surface area contributed by atoms with Crippen LogP contribution in [0.25, 0.3) is 0 Å². The average molecular weight is 417 g/mol. The van der Waals surface area contributed by atoms with Gasteiger partial charge in [-0.1, -0.05) is 76.8 Å². The molecule has 1 fully saturated rings. The van der Waals surface area contributed by atoms with E-state index < -0.39 is 0 Å². The molecule has 0 saturated heterocycles. The first kappa shape index (κ1) is 24.4. The number of carbonyl (C=O) groups is 2. The summed E-state index contributed by atoms with van der Waals surface area (Å²) in [5.41, 5.74) is 0.962. The quantitative estimate of drug-likeness (QED) is 0.295. The molecule has 0 bridgehead atoms. The number of ether oxygens (including phenoxy) is 2. The number of unbranched alkanes of at least 4 members (excludes halogenated alkanes) is 2. The summed E-state index contributed by atoms with van der Waals surface area (Å²) < 4.78 is 11.3. The highest BCUT2D eigenvalue weighted by molar-refractivity contribution is 5.82. The van der Waals surface area contributed by atoms with Crippen molar-refractivity contribution in [1.29, 1.82) is 0 Å². The molecule has 1 aromatic carbocycles. The Morgan fingerprint density at radius 3 is 2.37 bits per heavy atom. The van der Waals surface area contributed by atoms with Crippen molar-refractivity contribution in [3.8, 4) is 0 Å². The zero-order valence-electron chi connectivity index (χ0n) is 19.1. The van der Waals surface area contributed by atoms with Crippen LogP contribution in [0.4, 0.5) is 0 Å². The van der Waals surface area contributed by atoms with Crippen LogP contribution in [0.15, 0.2) is 30.3 Å². The molecule has 4 nitrogen and oxygen atoms in total. The van der Waals surface area contributed by atoms with Crippen molar-refractivity contribution < 1.29 is 19.1 Å². The lowest BCUT2D eigenvalue weighted by molar-refractivity contribution is -0.165. The second-order valence-corrected chi connectivity index (χ2v) is 9.01. The third-order valence-corrected chi connectivity index (χ3v) is 6.32. The number of carbonyl (C=O) groups excluding carboxylic acids is 2. The maximum atomic E-state index is 12.9. The molecular formula is C26H40O4. The minimum Gasteiger partial charge on any atom is -0.465 e. The summed E-state index contributed by atoms with van der Waals surface area (Å²) >= 11 is 0. The molecule has 0 heterocycles. The Morgan fingerprint density at radius 1 is 0.933 bits per heavy atom. The van der Waals surface area contributed by atoms with E-state index in [1.807, 2.05) is 30.3 Å². The highest BCUT2D eigenvalue weighted by atomic mass is 16.5. The Labute approximate surface area is 182 Å². The number of esters is 2. The van der Waals surface area contributed by atoms with Crippen molar-refractivity contribution in [3.05, 3.63) is 35.9 Å². The highest BCUT2D eigenvalue weighted by Crippen LogP contribution is 2.36. The SMILES string of the molecule is CCCCCC(CCC)COC(=O)C1CC(C)CCC1C(=O)OCc1ccccc1. The number of benzene rings is 1. The molecule has 0 amide bonds. The fourth-order valence-electron chi connectivity index (χ4n) is 4.47. The van der Waals surface area contributed by atoms with Gasteiger partial charge in [0.2, 0.25) is 0 Å². The van der Waals surface area contributed by atoms with Crippen molar-refractivity contribution in [2.45, 2.75) is 85.2 Å². The van der Waals surface area contributed by atoms with Crippen LogP contribution in [0, 0.1) is 23.7 Å². The maximum Gasteiger partial charge on any atom is 0.310 e. The van der Waals surface area contributed by atoms with Crippen molar-refractivity contribution in [2.24, 2.45) is 23.7 Å². The summed E-state index contributed by atoms with van der Waals surface area (Å²) in [5.74, 6) is -0.385. The first-order valence-corrected chi connectivity index (χ1v) is 11.9. The summed E-state index contributed by atoms with van der Waals surface area (Å²) in [5, 5.41) is 0. The van der Waals surface area contributed by atoms with Gasteiger partial charge in [0.05, 0.1) is 18.4 Å². The van der Waals surface area contributed by atoms with Crippen LogP contribution >= 0.6 is 0 Å². The fourth-order valence-corrected chi connectivity index (χ4v) is 4.47. The lowest BCUT2D eigenvalue weighted by atomic mass is 9.74. The Morgan fingerprint density at radius 2 is 1.67 bits per heavy atom. The molecule has 1 aromatic rings. The molecule has 4 unspecified atom stereocenters. The topological polar surface area (TPSA) is 52.6 Å². The molecule has 0 aliphatic heterocycles. The van der Waals surface area contributed by atoms with Crippen molar-refractivity contribution in [1.82, 2.24) is 0 Å². The third-order valence-electron chi connectivity index (χ3n) is 6.32. The van der Waals surface area contributed by atoms with E-state index in [1.54, 1.807) is 0 Å². The van der Waals surface area contributed by atoms with E-state index in [-0.39, 0.29) is 30.4 Å². The minimum absolute atomic E-state index is 0.209. The van der Waals surface area contributed by atoms with Gasteiger partial charge in [-0.3, -0.25) is 9.59 Å². The molecule has 4 heteroatoms. The Balaban J connectivity index is 1.91. The van der Waals surface area contributed by atoms with E-state index in [0.29, 0.717) is 31.3 Å². The van der Waals surface area contributed by atoms with Gasteiger partial charge >= 0.3 is 11.9 Å². The van der Waals surface area contributed by atoms with E-state index >= 15 is 0 Å². The van der Waals surface area contributed by atoms with Crippen LogP contribution < -0.4 is 0 Å². The molecule has 1 aliphatic rings. The summed E-state index contributed by atoms with van der Waals surface area (Å²) in [4.78, 5) is 25.7. The minimum atomic E-state index is -0.387. The largest absolute Gasteiger partial charge is 0.465 e.